The van der Waals surface area contributed by atoms with Crippen LogP contribution >= 0.6 is 0 Å². The highest BCUT2D eigenvalue weighted by molar-refractivity contribution is 5.84. The Morgan fingerprint density at radius 2 is 1.71 bits per heavy atom. The zero-order valence-electron chi connectivity index (χ0n) is 17.9. The smallest absolute Gasteiger partial charge is 0.275 e. The fraction of sp³-hybridized carbons (Fsp3) is 0.400. The van der Waals surface area contributed by atoms with Crippen molar-refractivity contribution in [3.05, 3.63) is 76.2 Å². The van der Waals surface area contributed by atoms with Gasteiger partial charge in [-0.3, -0.25) is 14.5 Å². The lowest BCUT2D eigenvalue weighted by molar-refractivity contribution is -0.136. The molecule has 5 rings (SSSR count). The minimum Gasteiger partial charge on any atom is -0.336 e. The third kappa shape index (κ3) is 4.12. The Balaban J connectivity index is 1.42. The quantitative estimate of drug-likeness (QED) is 0.642. The van der Waals surface area contributed by atoms with Crippen molar-refractivity contribution >= 4 is 16.7 Å². The van der Waals surface area contributed by atoms with Gasteiger partial charge in [-0.25, -0.2) is 4.68 Å². The van der Waals surface area contributed by atoms with Crippen LogP contribution in [-0.2, 0) is 17.8 Å². The molecule has 1 aliphatic carbocycles. The highest BCUT2D eigenvalue weighted by Crippen LogP contribution is 2.28. The minimum atomic E-state index is -0.204. The Hall–Kier alpha value is -2.99. The average Bonchev–Trinajstić information content (AvgIpc) is 3.63. The van der Waals surface area contributed by atoms with Crippen LogP contribution in [0.4, 0.5) is 0 Å². The summed E-state index contributed by atoms with van der Waals surface area (Å²) in [6.45, 7) is 4.63. The maximum Gasteiger partial charge on any atom is 0.275 e. The summed E-state index contributed by atoms with van der Waals surface area (Å²) < 4.78 is 1.36. The number of fused-ring (bicyclic) bond motifs is 1. The fourth-order valence-electron chi connectivity index (χ4n) is 4.68. The molecule has 0 spiro atoms. The van der Waals surface area contributed by atoms with Crippen molar-refractivity contribution in [2.24, 2.45) is 0 Å². The molecule has 6 heteroatoms. The van der Waals surface area contributed by atoms with Crippen LogP contribution in [0, 0.1) is 0 Å². The molecule has 160 valence electrons. The van der Waals surface area contributed by atoms with Gasteiger partial charge >= 0.3 is 0 Å². The predicted octanol–water partition coefficient (Wildman–Crippen LogP) is 2.68. The van der Waals surface area contributed by atoms with E-state index in [1.165, 1.54) is 17.5 Å². The van der Waals surface area contributed by atoms with E-state index in [2.05, 4.69) is 29.1 Å². The van der Waals surface area contributed by atoms with E-state index in [4.69, 9.17) is 0 Å². The number of nitrogens with zero attached hydrogens (tertiary/aromatic N) is 4. The Morgan fingerprint density at radius 3 is 2.42 bits per heavy atom. The SMILES string of the molecule is CC1CN(C2CC2)CCN1C(=O)Cn1nc(Cc2ccccc2)c2ccccc2c1=O. The van der Waals surface area contributed by atoms with Gasteiger partial charge in [0.15, 0.2) is 0 Å². The number of carbonyl (C=O) groups excluding carboxylic acids is 1. The van der Waals surface area contributed by atoms with Crippen molar-refractivity contribution in [2.45, 2.75) is 44.8 Å². The molecule has 31 heavy (non-hydrogen) atoms. The maximum atomic E-state index is 13.1. The van der Waals surface area contributed by atoms with E-state index in [1.54, 1.807) is 0 Å². The van der Waals surface area contributed by atoms with Gasteiger partial charge in [-0.05, 0) is 31.4 Å². The largest absolute Gasteiger partial charge is 0.336 e. The van der Waals surface area contributed by atoms with Gasteiger partial charge in [-0.1, -0.05) is 48.5 Å². The molecule has 1 atom stereocenters. The van der Waals surface area contributed by atoms with E-state index in [1.807, 2.05) is 47.4 Å². The van der Waals surface area contributed by atoms with Gasteiger partial charge in [0.2, 0.25) is 5.91 Å². The van der Waals surface area contributed by atoms with Crippen LogP contribution in [0.5, 0.6) is 0 Å². The van der Waals surface area contributed by atoms with Crippen LogP contribution in [0.25, 0.3) is 10.8 Å². The second-order valence-corrected chi connectivity index (χ2v) is 8.78. The molecule has 1 unspecified atom stereocenters. The molecule has 2 aliphatic rings. The molecule has 2 heterocycles. The highest BCUT2D eigenvalue weighted by atomic mass is 16.2. The summed E-state index contributed by atoms with van der Waals surface area (Å²) in [5.74, 6) is -0.0292. The highest BCUT2D eigenvalue weighted by Gasteiger charge is 2.35. The standard InChI is InChI=1S/C25H28N4O2/c1-18-16-27(20-11-12-20)13-14-28(18)24(30)17-29-25(31)22-10-6-5-9-21(22)23(26-29)15-19-7-3-2-4-8-19/h2-10,18,20H,11-17H2,1H3. The number of benzene rings is 2. The molecule has 1 amide bonds. The number of carbonyl (C=O) groups is 1. The van der Waals surface area contributed by atoms with Gasteiger partial charge in [0.25, 0.3) is 5.56 Å². The third-order valence-electron chi connectivity index (χ3n) is 6.49. The maximum absolute atomic E-state index is 13.1. The Labute approximate surface area is 182 Å². The molecule has 1 aliphatic heterocycles. The average molecular weight is 417 g/mol. The summed E-state index contributed by atoms with van der Waals surface area (Å²) in [5, 5.41) is 6.12. The molecule has 1 aromatic heterocycles. The first-order valence-corrected chi connectivity index (χ1v) is 11.2. The molecule has 0 radical (unpaired) electrons. The summed E-state index contributed by atoms with van der Waals surface area (Å²) in [5.41, 5.74) is 1.74. The molecular weight excluding hydrogens is 388 g/mol. The number of aromatic nitrogens is 2. The van der Waals surface area contributed by atoms with Crippen LogP contribution < -0.4 is 5.56 Å². The predicted molar refractivity (Wildman–Crippen MR) is 121 cm³/mol. The molecule has 1 saturated heterocycles. The van der Waals surface area contributed by atoms with Gasteiger partial charge in [-0.2, -0.15) is 5.10 Å². The van der Waals surface area contributed by atoms with E-state index in [9.17, 15) is 9.59 Å². The van der Waals surface area contributed by atoms with E-state index in [0.29, 0.717) is 17.8 Å². The van der Waals surface area contributed by atoms with Gasteiger partial charge in [0.1, 0.15) is 6.54 Å². The van der Waals surface area contributed by atoms with Crippen LogP contribution in [0.3, 0.4) is 0 Å². The lowest BCUT2D eigenvalue weighted by atomic mass is 10.0. The zero-order valence-corrected chi connectivity index (χ0v) is 17.9. The first-order valence-electron chi connectivity index (χ1n) is 11.2. The molecule has 2 fully saturated rings. The summed E-state index contributed by atoms with van der Waals surface area (Å²) in [6, 6.07) is 18.5. The lowest BCUT2D eigenvalue weighted by Gasteiger charge is -2.40. The van der Waals surface area contributed by atoms with Crippen molar-refractivity contribution in [1.29, 1.82) is 0 Å². The number of amides is 1. The first kappa shape index (κ1) is 19.9. The number of rotatable bonds is 5. The minimum absolute atomic E-state index is 0.0147. The van der Waals surface area contributed by atoms with Crippen molar-refractivity contribution < 1.29 is 4.79 Å². The van der Waals surface area contributed by atoms with Crippen molar-refractivity contribution in [3.63, 3.8) is 0 Å². The number of hydrogen-bond donors (Lipinski definition) is 0. The summed E-state index contributed by atoms with van der Waals surface area (Å²) in [7, 11) is 0. The zero-order chi connectivity index (χ0) is 21.4. The molecule has 1 saturated carbocycles. The van der Waals surface area contributed by atoms with Gasteiger partial charge in [-0.15, -0.1) is 0 Å². The molecule has 2 aromatic carbocycles. The molecule has 0 bridgehead atoms. The first-order chi connectivity index (χ1) is 15.1. The Bertz CT molecular complexity index is 1150. The lowest BCUT2D eigenvalue weighted by Crippen LogP contribution is -2.55. The van der Waals surface area contributed by atoms with E-state index in [-0.39, 0.29) is 24.1 Å². The normalized spacial score (nSPS) is 19.6. The Kier molecular flexibility index (Phi) is 5.32. The second-order valence-electron chi connectivity index (χ2n) is 8.78. The molecule has 3 aromatic rings. The van der Waals surface area contributed by atoms with Crippen LogP contribution in [0.2, 0.25) is 0 Å². The van der Waals surface area contributed by atoms with Gasteiger partial charge < -0.3 is 4.90 Å². The molecule has 6 nitrogen and oxygen atoms in total. The third-order valence-corrected chi connectivity index (χ3v) is 6.49. The van der Waals surface area contributed by atoms with Crippen molar-refractivity contribution in [3.8, 4) is 0 Å². The summed E-state index contributed by atoms with van der Waals surface area (Å²) in [4.78, 5) is 30.6. The summed E-state index contributed by atoms with van der Waals surface area (Å²) >= 11 is 0. The summed E-state index contributed by atoms with van der Waals surface area (Å²) in [6.07, 6.45) is 3.18. The molecule has 0 N–H and O–H groups in total. The second kappa shape index (κ2) is 8.27. The van der Waals surface area contributed by atoms with Crippen LogP contribution in [-0.4, -0.2) is 57.2 Å². The van der Waals surface area contributed by atoms with Gasteiger partial charge in [0.05, 0.1) is 11.1 Å². The van der Waals surface area contributed by atoms with Crippen LogP contribution in [0.1, 0.15) is 31.0 Å². The van der Waals surface area contributed by atoms with Crippen LogP contribution in [0.15, 0.2) is 59.4 Å². The van der Waals surface area contributed by atoms with E-state index in [0.717, 1.165) is 36.3 Å². The van der Waals surface area contributed by atoms with E-state index >= 15 is 0 Å². The molecular formula is C25H28N4O2. The van der Waals surface area contributed by atoms with Gasteiger partial charge in [0, 0.05) is 43.5 Å². The number of hydrogen-bond acceptors (Lipinski definition) is 4. The van der Waals surface area contributed by atoms with E-state index < -0.39 is 0 Å². The monoisotopic (exact) mass is 416 g/mol. The van der Waals surface area contributed by atoms with Crippen molar-refractivity contribution in [2.75, 3.05) is 19.6 Å². The Morgan fingerprint density at radius 1 is 1.00 bits per heavy atom. The number of piperazine rings is 1. The topological polar surface area (TPSA) is 58.4 Å². The fourth-order valence-corrected chi connectivity index (χ4v) is 4.68. The van der Waals surface area contributed by atoms with Crippen molar-refractivity contribution in [1.82, 2.24) is 19.6 Å².